The minimum Gasteiger partial charge on any atom is -0.508 e. The van der Waals surface area contributed by atoms with Crippen molar-refractivity contribution in [3.05, 3.63) is 29.8 Å². The molecule has 2 fully saturated rings. The van der Waals surface area contributed by atoms with Crippen LogP contribution in [0.5, 0.6) is 5.75 Å². The highest BCUT2D eigenvalue weighted by Gasteiger charge is 2.51. The second-order valence-corrected chi connectivity index (χ2v) is 8.26. The molecule has 2 saturated heterocycles. The second-order valence-electron chi connectivity index (χ2n) is 8.26. The minimum atomic E-state index is -0.842. The minimum absolute atomic E-state index is 0.00398. The Morgan fingerprint density at radius 1 is 1.21 bits per heavy atom. The molecule has 1 aromatic carbocycles. The molecular weight excluding hydrogens is 306 g/mol. The Bertz CT molecular complexity index is 597. The molecular formula is C19H27NO4. The summed E-state index contributed by atoms with van der Waals surface area (Å²) in [5.41, 5.74) is 0.952. The van der Waals surface area contributed by atoms with E-state index < -0.39 is 6.09 Å². The lowest BCUT2D eigenvalue weighted by atomic mass is 9.75. The van der Waals surface area contributed by atoms with E-state index in [1.165, 1.54) is 10.5 Å². The molecule has 5 nitrogen and oxygen atoms in total. The number of ether oxygens (including phenoxy) is 1. The van der Waals surface area contributed by atoms with E-state index in [1.807, 2.05) is 12.1 Å². The van der Waals surface area contributed by atoms with Crippen molar-refractivity contribution in [3.8, 4) is 5.75 Å². The molecule has 1 spiro atoms. The molecule has 2 aliphatic heterocycles. The Labute approximate surface area is 143 Å². The summed E-state index contributed by atoms with van der Waals surface area (Å²) in [6.07, 6.45) is 1.65. The zero-order valence-electron chi connectivity index (χ0n) is 14.7. The number of piperidine rings is 1. The van der Waals surface area contributed by atoms with Gasteiger partial charge in [-0.25, -0.2) is 4.79 Å². The van der Waals surface area contributed by atoms with E-state index in [0.717, 1.165) is 19.3 Å². The standard InChI is InChI=1S/C19H27NO4/c1-18(2,3)16-15(13-4-6-14(21)7-5-13)12-19(24-16)8-10-20(11-9-19)17(22)23/h4-7,15-16,21H,8-12H2,1-3H3,(H,22,23)/t15-,16?/m1/s1. The Morgan fingerprint density at radius 3 is 2.29 bits per heavy atom. The summed E-state index contributed by atoms with van der Waals surface area (Å²) in [5, 5.41) is 18.7. The van der Waals surface area contributed by atoms with Gasteiger partial charge in [0, 0.05) is 19.0 Å². The predicted octanol–water partition coefficient (Wildman–Crippen LogP) is 3.82. The molecule has 0 saturated carbocycles. The zero-order chi connectivity index (χ0) is 17.5. The van der Waals surface area contributed by atoms with Gasteiger partial charge in [-0.1, -0.05) is 32.9 Å². The number of benzene rings is 1. The van der Waals surface area contributed by atoms with Crippen molar-refractivity contribution in [3.63, 3.8) is 0 Å². The van der Waals surface area contributed by atoms with Crippen LogP contribution in [0, 0.1) is 5.41 Å². The van der Waals surface area contributed by atoms with Crippen molar-refractivity contribution in [2.24, 2.45) is 5.41 Å². The number of rotatable bonds is 1. The van der Waals surface area contributed by atoms with E-state index in [9.17, 15) is 9.90 Å². The molecule has 2 heterocycles. The number of phenolic OH excluding ortho intramolecular Hbond substituents is 1. The number of phenols is 1. The van der Waals surface area contributed by atoms with Crippen LogP contribution in [0.4, 0.5) is 4.79 Å². The number of carbonyl (C=O) groups is 1. The van der Waals surface area contributed by atoms with Gasteiger partial charge < -0.3 is 19.8 Å². The zero-order valence-corrected chi connectivity index (χ0v) is 14.7. The summed E-state index contributed by atoms with van der Waals surface area (Å²) in [7, 11) is 0. The van der Waals surface area contributed by atoms with Gasteiger partial charge >= 0.3 is 6.09 Å². The molecule has 5 heteroatoms. The highest BCUT2D eigenvalue weighted by molar-refractivity contribution is 5.65. The fourth-order valence-electron chi connectivity index (χ4n) is 4.13. The van der Waals surface area contributed by atoms with Crippen LogP contribution in [-0.2, 0) is 4.74 Å². The van der Waals surface area contributed by atoms with E-state index >= 15 is 0 Å². The lowest BCUT2D eigenvalue weighted by Gasteiger charge is -2.39. The van der Waals surface area contributed by atoms with Crippen LogP contribution >= 0.6 is 0 Å². The number of hydrogen-bond acceptors (Lipinski definition) is 3. The molecule has 2 N–H and O–H groups in total. The lowest BCUT2D eigenvalue weighted by Crippen LogP contribution is -2.46. The monoisotopic (exact) mass is 333 g/mol. The van der Waals surface area contributed by atoms with E-state index in [2.05, 4.69) is 20.8 Å². The summed E-state index contributed by atoms with van der Waals surface area (Å²) in [5.74, 6) is 0.538. The number of carboxylic acid groups (broad SMARTS) is 1. The maximum Gasteiger partial charge on any atom is 0.407 e. The molecule has 1 unspecified atom stereocenters. The summed E-state index contributed by atoms with van der Waals surface area (Å²) in [4.78, 5) is 12.6. The summed E-state index contributed by atoms with van der Waals surface area (Å²) in [6.45, 7) is 7.65. The normalized spacial score (nSPS) is 26.7. The van der Waals surface area contributed by atoms with Crippen LogP contribution in [0.15, 0.2) is 24.3 Å². The van der Waals surface area contributed by atoms with Crippen LogP contribution in [0.2, 0.25) is 0 Å². The predicted molar refractivity (Wildman–Crippen MR) is 91.4 cm³/mol. The fraction of sp³-hybridized carbons (Fsp3) is 0.632. The van der Waals surface area contributed by atoms with Crippen molar-refractivity contribution in [2.45, 2.75) is 57.7 Å². The molecule has 2 atom stereocenters. The third-order valence-electron chi connectivity index (χ3n) is 5.45. The largest absolute Gasteiger partial charge is 0.508 e. The van der Waals surface area contributed by atoms with E-state index in [-0.39, 0.29) is 28.8 Å². The second kappa shape index (κ2) is 5.96. The van der Waals surface area contributed by atoms with Gasteiger partial charge in [0.15, 0.2) is 0 Å². The van der Waals surface area contributed by atoms with Crippen LogP contribution in [-0.4, -0.2) is 46.0 Å². The first kappa shape index (κ1) is 17.1. The van der Waals surface area contributed by atoms with E-state index in [4.69, 9.17) is 9.84 Å². The first-order chi connectivity index (χ1) is 11.2. The van der Waals surface area contributed by atoms with Gasteiger partial charge in [0.05, 0.1) is 11.7 Å². The van der Waals surface area contributed by atoms with E-state index in [0.29, 0.717) is 13.1 Å². The van der Waals surface area contributed by atoms with Crippen molar-refractivity contribution in [1.82, 2.24) is 4.90 Å². The Morgan fingerprint density at radius 2 is 1.79 bits per heavy atom. The highest BCUT2D eigenvalue weighted by Crippen LogP contribution is 2.51. The van der Waals surface area contributed by atoms with Gasteiger partial charge in [-0.3, -0.25) is 0 Å². The molecule has 0 bridgehead atoms. The number of hydrogen-bond donors (Lipinski definition) is 2. The average Bonchev–Trinajstić information content (AvgIpc) is 2.88. The molecule has 24 heavy (non-hydrogen) atoms. The lowest BCUT2D eigenvalue weighted by molar-refractivity contribution is -0.105. The molecule has 0 aliphatic carbocycles. The topological polar surface area (TPSA) is 70.0 Å². The number of nitrogens with zero attached hydrogens (tertiary/aromatic N) is 1. The fourth-order valence-corrected chi connectivity index (χ4v) is 4.13. The SMILES string of the molecule is CC(C)(C)C1OC2(CCN(C(=O)O)CC2)C[C@@H]1c1ccc(O)cc1. The quantitative estimate of drug-likeness (QED) is 0.819. The maximum atomic E-state index is 11.2. The summed E-state index contributed by atoms with van der Waals surface area (Å²) < 4.78 is 6.60. The Kier molecular flexibility index (Phi) is 4.24. The number of likely N-dealkylation sites (tertiary alicyclic amines) is 1. The number of amides is 1. The molecule has 3 rings (SSSR count). The molecule has 2 aliphatic rings. The first-order valence-corrected chi connectivity index (χ1v) is 8.65. The van der Waals surface area contributed by atoms with Crippen molar-refractivity contribution < 1.29 is 19.7 Å². The Balaban J connectivity index is 1.83. The van der Waals surface area contributed by atoms with Crippen molar-refractivity contribution >= 4 is 6.09 Å². The van der Waals surface area contributed by atoms with Gasteiger partial charge in [0.1, 0.15) is 5.75 Å². The highest BCUT2D eigenvalue weighted by atomic mass is 16.5. The van der Waals surface area contributed by atoms with Gasteiger partial charge in [-0.2, -0.15) is 0 Å². The summed E-state index contributed by atoms with van der Waals surface area (Å²) >= 11 is 0. The van der Waals surface area contributed by atoms with Gasteiger partial charge in [0.25, 0.3) is 0 Å². The Hall–Kier alpha value is -1.75. The van der Waals surface area contributed by atoms with Gasteiger partial charge in [-0.05, 0) is 42.4 Å². The maximum absolute atomic E-state index is 11.2. The smallest absolute Gasteiger partial charge is 0.407 e. The van der Waals surface area contributed by atoms with Crippen LogP contribution in [0.25, 0.3) is 0 Å². The molecule has 132 valence electrons. The third kappa shape index (κ3) is 3.22. The first-order valence-electron chi connectivity index (χ1n) is 8.65. The number of aromatic hydroxyl groups is 1. The summed E-state index contributed by atoms with van der Waals surface area (Å²) in [6, 6.07) is 7.42. The molecule has 1 amide bonds. The van der Waals surface area contributed by atoms with Gasteiger partial charge in [-0.15, -0.1) is 0 Å². The van der Waals surface area contributed by atoms with Crippen molar-refractivity contribution in [2.75, 3.05) is 13.1 Å². The van der Waals surface area contributed by atoms with Crippen molar-refractivity contribution in [1.29, 1.82) is 0 Å². The van der Waals surface area contributed by atoms with E-state index in [1.54, 1.807) is 12.1 Å². The average molecular weight is 333 g/mol. The molecule has 1 aromatic rings. The van der Waals surface area contributed by atoms with Gasteiger partial charge in [0.2, 0.25) is 0 Å². The molecule has 0 radical (unpaired) electrons. The van der Waals surface area contributed by atoms with Crippen LogP contribution < -0.4 is 0 Å². The van der Waals surface area contributed by atoms with Crippen LogP contribution in [0.1, 0.15) is 51.5 Å². The third-order valence-corrected chi connectivity index (χ3v) is 5.45. The van der Waals surface area contributed by atoms with Crippen LogP contribution in [0.3, 0.4) is 0 Å². The molecule has 0 aromatic heterocycles.